The number of hydrogen-bond acceptors (Lipinski definition) is 0. The summed E-state index contributed by atoms with van der Waals surface area (Å²) in [5.74, 6) is 0. The molecule has 0 radical (unpaired) electrons. The first-order valence-corrected chi connectivity index (χ1v) is 2.38. The summed E-state index contributed by atoms with van der Waals surface area (Å²) in [6, 6.07) is 0. The van der Waals surface area contributed by atoms with Crippen LogP contribution in [0.4, 0.5) is 0 Å². The second-order valence-corrected chi connectivity index (χ2v) is 1.87. The molecule has 0 N–H and O–H groups in total. The lowest BCUT2D eigenvalue weighted by Gasteiger charge is -1.70. The largest absolute Gasteiger partial charge is 0.0766 e. The van der Waals surface area contributed by atoms with E-state index >= 15 is 0 Å². The molecule has 0 unspecified atom stereocenters. The highest BCUT2D eigenvalue weighted by molar-refractivity contribution is 5.75. The Bertz CT molecular complexity index is 140. The molecule has 0 atom stereocenters. The van der Waals surface area contributed by atoms with Crippen molar-refractivity contribution in [2.75, 3.05) is 0 Å². The van der Waals surface area contributed by atoms with Gasteiger partial charge in [0.25, 0.3) is 0 Å². The molecule has 0 spiro atoms. The number of hydrogen-bond donors (Lipinski definition) is 0. The lowest BCUT2D eigenvalue weighted by Crippen LogP contribution is -1.52. The van der Waals surface area contributed by atoms with Gasteiger partial charge in [0, 0.05) is 0 Å². The molecule has 7 heavy (non-hydrogen) atoms. The first kappa shape index (κ1) is 4.85. The minimum absolute atomic E-state index is 0. The van der Waals surface area contributed by atoms with Crippen LogP contribution in [0.2, 0.25) is 0 Å². The van der Waals surface area contributed by atoms with Gasteiger partial charge in [0.1, 0.15) is 0 Å². The fraction of sp³-hybridized carbons (Fsp3) is 0.333. The van der Waals surface area contributed by atoms with Crippen LogP contribution in [0, 0.1) is 0 Å². The Kier molecular flexibility index (Phi) is 0.925. The Labute approximate surface area is 47.9 Å². The molecule has 0 saturated heterocycles. The fourth-order valence-corrected chi connectivity index (χ4v) is 0.941. The number of allylic oxidation sites excluding steroid dienone is 4. The van der Waals surface area contributed by atoms with Gasteiger partial charge in [-0.05, 0) is 35.0 Å². The molecule has 0 heterocycles. The lowest BCUT2D eigenvalue weighted by molar-refractivity contribution is 1.07. The van der Waals surface area contributed by atoms with E-state index in [1.165, 1.54) is 18.4 Å². The van der Waals surface area contributed by atoms with E-state index in [0.717, 1.165) is 0 Å². The van der Waals surface area contributed by atoms with Gasteiger partial charge in [0.2, 0.25) is 0 Å². The number of fused-ring (bicyclic) bond motifs is 1. The van der Waals surface area contributed by atoms with Gasteiger partial charge in [-0.25, -0.2) is 0 Å². The second-order valence-electron chi connectivity index (χ2n) is 1.87. The molecule has 38 valence electrons. The lowest BCUT2D eigenvalue weighted by atomic mass is 10.3. The van der Waals surface area contributed by atoms with Crippen LogP contribution >= 0.6 is 0 Å². The van der Waals surface area contributed by atoms with Crippen LogP contribution in [0.25, 0.3) is 0 Å². The highest BCUT2D eigenvalue weighted by Gasteiger charge is 2.18. The summed E-state index contributed by atoms with van der Waals surface area (Å²) in [6.07, 6.45) is 7.19. The van der Waals surface area contributed by atoms with Crippen molar-refractivity contribution < 1.29 is 0 Å². The van der Waals surface area contributed by atoms with Gasteiger partial charge in [0.15, 0.2) is 0 Å². The van der Waals surface area contributed by atoms with Crippen LogP contribution < -0.4 is 0 Å². The third-order valence-electron chi connectivity index (χ3n) is 1.40. The Morgan fingerprint density at radius 1 is 1.43 bits per heavy atom. The topological polar surface area (TPSA) is 0 Å². The zero-order valence-corrected chi connectivity index (χ0v) is 3.57. The van der Waals surface area contributed by atoms with Crippen molar-refractivity contribution in [1.82, 2.24) is 0 Å². The van der Waals surface area contributed by atoms with Gasteiger partial charge >= 0.3 is 0 Å². The second kappa shape index (κ2) is 1.34. The molecule has 0 saturated carbocycles. The van der Waals surface area contributed by atoms with E-state index in [0.29, 0.717) is 0 Å². The van der Waals surface area contributed by atoms with Gasteiger partial charge < -0.3 is 0 Å². The monoisotopic (exact) mass is 110 g/mol. The zero-order valence-electron chi connectivity index (χ0n) is 3.57. The van der Waals surface area contributed by atoms with Crippen LogP contribution in [-0.2, 0) is 0 Å². The minimum Gasteiger partial charge on any atom is -0.0766 e. The standard InChI is InChI=1S/C6H6.H4Si/c1-2-5-4-6(5)3-1;/h2,4H,1,3H2;1H4. The van der Waals surface area contributed by atoms with Crippen molar-refractivity contribution in [3.05, 3.63) is 23.3 Å². The Balaban J connectivity index is 0.000000245. The summed E-state index contributed by atoms with van der Waals surface area (Å²) in [7, 11) is 0. The van der Waals surface area contributed by atoms with Crippen molar-refractivity contribution in [1.29, 1.82) is 0 Å². The van der Waals surface area contributed by atoms with Crippen molar-refractivity contribution in [3.63, 3.8) is 0 Å². The molecule has 0 aromatic rings. The quantitative estimate of drug-likeness (QED) is 0.391. The fourth-order valence-electron chi connectivity index (χ4n) is 0.941. The molecular weight excluding hydrogens is 100 g/mol. The Morgan fingerprint density at radius 2 is 2.29 bits per heavy atom. The van der Waals surface area contributed by atoms with Crippen molar-refractivity contribution in [2.45, 2.75) is 12.8 Å². The first-order valence-electron chi connectivity index (χ1n) is 2.38. The molecule has 2 aliphatic carbocycles. The van der Waals surface area contributed by atoms with Crippen LogP contribution in [0.15, 0.2) is 23.3 Å². The minimum atomic E-state index is 0. The Morgan fingerprint density at radius 3 is 2.43 bits per heavy atom. The maximum absolute atomic E-state index is 2.30. The summed E-state index contributed by atoms with van der Waals surface area (Å²) in [5.41, 5.74) is 3.14. The Hall–Kier alpha value is -0.303. The maximum Gasteiger partial charge on any atom is -0.0149 e. The summed E-state index contributed by atoms with van der Waals surface area (Å²) in [6.45, 7) is 0. The first-order chi connectivity index (χ1) is 2.97. The summed E-state index contributed by atoms with van der Waals surface area (Å²) in [5, 5.41) is 0. The SMILES string of the molecule is C1=C2C=C2CC1.[SiH4]. The molecule has 0 amide bonds. The normalized spacial score (nSPS) is 21.7. The van der Waals surface area contributed by atoms with E-state index in [-0.39, 0.29) is 11.0 Å². The third kappa shape index (κ3) is 0.569. The molecule has 2 aliphatic rings. The van der Waals surface area contributed by atoms with Crippen molar-refractivity contribution in [3.8, 4) is 0 Å². The smallest absolute Gasteiger partial charge is 0.0149 e. The average Bonchev–Trinajstić information content (AvgIpc) is 2.17. The predicted molar refractivity (Wildman–Crippen MR) is 36.7 cm³/mol. The maximum atomic E-state index is 2.30. The molecule has 1 heteroatoms. The molecule has 2 rings (SSSR count). The van der Waals surface area contributed by atoms with E-state index in [1.807, 2.05) is 0 Å². The zero-order chi connectivity index (χ0) is 3.98. The highest BCUT2D eigenvalue weighted by atomic mass is 28.1. The van der Waals surface area contributed by atoms with Crippen molar-refractivity contribution in [2.24, 2.45) is 0 Å². The van der Waals surface area contributed by atoms with Gasteiger partial charge in [-0.2, -0.15) is 0 Å². The van der Waals surface area contributed by atoms with E-state index in [1.54, 1.807) is 5.57 Å². The molecule has 0 nitrogen and oxygen atoms in total. The van der Waals surface area contributed by atoms with E-state index in [2.05, 4.69) is 12.2 Å². The van der Waals surface area contributed by atoms with E-state index in [4.69, 9.17) is 0 Å². The van der Waals surface area contributed by atoms with Crippen molar-refractivity contribution >= 4 is 11.0 Å². The molecule has 0 bridgehead atoms. The molecule has 0 aromatic carbocycles. The molecule has 0 aliphatic heterocycles. The summed E-state index contributed by atoms with van der Waals surface area (Å²) in [4.78, 5) is 0. The summed E-state index contributed by atoms with van der Waals surface area (Å²) < 4.78 is 0. The van der Waals surface area contributed by atoms with Crippen LogP contribution in [0.1, 0.15) is 12.8 Å². The van der Waals surface area contributed by atoms with E-state index in [9.17, 15) is 0 Å². The molecule has 0 aromatic heterocycles. The third-order valence-corrected chi connectivity index (χ3v) is 1.40. The highest BCUT2D eigenvalue weighted by Crippen LogP contribution is 2.37. The number of rotatable bonds is 0. The molecule has 0 fully saturated rings. The van der Waals surface area contributed by atoms with Crippen LogP contribution in [-0.4, -0.2) is 11.0 Å². The van der Waals surface area contributed by atoms with E-state index < -0.39 is 0 Å². The van der Waals surface area contributed by atoms with Crippen LogP contribution in [0.3, 0.4) is 0 Å². The van der Waals surface area contributed by atoms with Gasteiger partial charge in [-0.15, -0.1) is 0 Å². The van der Waals surface area contributed by atoms with Gasteiger partial charge in [-0.1, -0.05) is 12.2 Å². The predicted octanol–water partition coefficient (Wildman–Crippen LogP) is 0.195. The van der Waals surface area contributed by atoms with Gasteiger partial charge in [0.05, 0.1) is 0 Å². The molecular formula is C6H10Si. The average molecular weight is 110 g/mol. The van der Waals surface area contributed by atoms with Gasteiger partial charge in [-0.3, -0.25) is 0 Å². The van der Waals surface area contributed by atoms with Crippen LogP contribution in [0.5, 0.6) is 0 Å². The summed E-state index contributed by atoms with van der Waals surface area (Å²) >= 11 is 0.